The van der Waals surface area contributed by atoms with E-state index < -0.39 is 0 Å². The molecule has 5 heteroatoms. The van der Waals surface area contributed by atoms with Crippen LogP contribution in [0.5, 0.6) is 0 Å². The van der Waals surface area contributed by atoms with E-state index in [0.717, 1.165) is 44.7 Å². The summed E-state index contributed by atoms with van der Waals surface area (Å²) in [5.41, 5.74) is 0.297. The van der Waals surface area contributed by atoms with Crippen LogP contribution in [0.1, 0.15) is 47.0 Å². The summed E-state index contributed by atoms with van der Waals surface area (Å²) in [6.07, 6.45) is 4.81. The Balaban J connectivity index is 1.98. The summed E-state index contributed by atoms with van der Waals surface area (Å²) in [6, 6.07) is 1.88. The molecule has 0 bridgehead atoms. The second-order valence-corrected chi connectivity index (χ2v) is 6.95. The van der Waals surface area contributed by atoms with Crippen molar-refractivity contribution in [3.63, 3.8) is 0 Å². The third kappa shape index (κ3) is 4.06. The van der Waals surface area contributed by atoms with Crippen molar-refractivity contribution in [3.8, 4) is 0 Å². The fraction of sp³-hybridized carbons (Fsp3) is 0.750. The molecule has 1 aromatic heterocycles. The zero-order valence-corrected chi connectivity index (χ0v) is 13.7. The molecule has 1 aliphatic heterocycles. The first-order chi connectivity index (χ1) is 9.92. The van der Waals surface area contributed by atoms with Gasteiger partial charge in [0.25, 0.3) is 0 Å². The van der Waals surface area contributed by atoms with E-state index in [9.17, 15) is 4.79 Å². The predicted molar refractivity (Wildman–Crippen MR) is 85.4 cm³/mol. The number of anilines is 1. The van der Waals surface area contributed by atoms with Crippen molar-refractivity contribution in [2.45, 2.75) is 59.5 Å². The summed E-state index contributed by atoms with van der Waals surface area (Å²) in [5, 5.41) is 7.70. The number of carbonyl (C=O) groups excluding carboxylic acids is 1. The van der Waals surface area contributed by atoms with Crippen LogP contribution in [0, 0.1) is 5.41 Å². The largest absolute Gasteiger partial charge is 0.306 e. The van der Waals surface area contributed by atoms with Gasteiger partial charge in [0.1, 0.15) is 5.82 Å². The molecule has 0 aromatic carbocycles. The first kappa shape index (κ1) is 16.0. The molecule has 1 aromatic rings. The lowest BCUT2D eigenvalue weighted by Gasteiger charge is -2.33. The second kappa shape index (κ2) is 6.60. The Morgan fingerprint density at radius 2 is 2.19 bits per heavy atom. The zero-order chi connectivity index (χ0) is 15.5. The molecule has 2 rings (SSSR count). The van der Waals surface area contributed by atoms with Crippen LogP contribution < -0.4 is 10.2 Å². The van der Waals surface area contributed by atoms with E-state index in [-0.39, 0.29) is 11.9 Å². The summed E-state index contributed by atoms with van der Waals surface area (Å²) in [6.45, 7) is 11.2. The minimum atomic E-state index is -0.0543. The van der Waals surface area contributed by atoms with Crippen molar-refractivity contribution in [1.82, 2.24) is 15.1 Å². The first-order valence-electron chi connectivity index (χ1n) is 7.99. The smallest absolute Gasteiger partial charge is 0.245 e. The Bertz CT molecular complexity index is 475. The highest BCUT2D eigenvalue weighted by atomic mass is 16.2. The molecular formula is C16H28N4O. The molecule has 118 valence electrons. The average molecular weight is 292 g/mol. The van der Waals surface area contributed by atoms with Gasteiger partial charge in [0.05, 0.1) is 12.2 Å². The van der Waals surface area contributed by atoms with Crippen molar-refractivity contribution in [3.05, 3.63) is 12.3 Å². The van der Waals surface area contributed by atoms with E-state index in [1.807, 2.05) is 22.6 Å². The molecule has 5 nitrogen and oxygen atoms in total. The van der Waals surface area contributed by atoms with E-state index in [4.69, 9.17) is 0 Å². The zero-order valence-electron chi connectivity index (χ0n) is 13.7. The van der Waals surface area contributed by atoms with Gasteiger partial charge in [-0.1, -0.05) is 20.8 Å². The number of piperidine rings is 1. The van der Waals surface area contributed by atoms with E-state index >= 15 is 0 Å². The summed E-state index contributed by atoms with van der Waals surface area (Å²) in [4.78, 5) is 14.6. The van der Waals surface area contributed by atoms with Gasteiger partial charge in [-0.3, -0.25) is 9.69 Å². The van der Waals surface area contributed by atoms with Crippen molar-refractivity contribution in [2.75, 3.05) is 18.0 Å². The summed E-state index contributed by atoms with van der Waals surface area (Å²) >= 11 is 0. The number of hydrogen-bond acceptors (Lipinski definition) is 3. The van der Waals surface area contributed by atoms with Crippen molar-refractivity contribution in [2.24, 2.45) is 5.41 Å². The number of carbonyl (C=O) groups is 1. The quantitative estimate of drug-likeness (QED) is 0.907. The SMILES string of the molecule is CCn1nccc1N1CCCC(NCCC(C)(C)C)C1=O. The molecule has 0 spiro atoms. The van der Waals surface area contributed by atoms with Gasteiger partial charge in [-0.2, -0.15) is 5.10 Å². The normalized spacial score (nSPS) is 20.1. The Morgan fingerprint density at radius 3 is 2.86 bits per heavy atom. The van der Waals surface area contributed by atoms with E-state index in [1.54, 1.807) is 6.20 Å². The third-order valence-corrected chi connectivity index (χ3v) is 3.97. The molecule has 0 aliphatic carbocycles. The molecule has 1 saturated heterocycles. The number of aryl methyl sites for hydroxylation is 1. The summed E-state index contributed by atoms with van der Waals surface area (Å²) in [7, 11) is 0. The maximum absolute atomic E-state index is 12.7. The highest BCUT2D eigenvalue weighted by Gasteiger charge is 2.30. The first-order valence-corrected chi connectivity index (χ1v) is 7.99. The number of aromatic nitrogens is 2. The number of amides is 1. The molecule has 1 amide bonds. The topological polar surface area (TPSA) is 50.2 Å². The average Bonchev–Trinajstić information content (AvgIpc) is 2.87. The lowest BCUT2D eigenvalue weighted by molar-refractivity contribution is -0.121. The van der Waals surface area contributed by atoms with Gasteiger partial charge in [0.15, 0.2) is 0 Å². The molecule has 0 radical (unpaired) electrons. The Labute approximate surface area is 127 Å². The summed E-state index contributed by atoms with van der Waals surface area (Å²) < 4.78 is 1.88. The molecule has 1 unspecified atom stereocenters. The fourth-order valence-electron chi connectivity index (χ4n) is 2.71. The predicted octanol–water partition coefficient (Wildman–Crippen LogP) is 2.42. The van der Waals surface area contributed by atoms with Crippen LogP contribution in [0.25, 0.3) is 0 Å². The fourth-order valence-corrected chi connectivity index (χ4v) is 2.71. The van der Waals surface area contributed by atoms with Crippen LogP contribution in [-0.2, 0) is 11.3 Å². The molecule has 2 heterocycles. The minimum Gasteiger partial charge on any atom is -0.306 e. The molecule has 1 fully saturated rings. The van der Waals surface area contributed by atoms with E-state index in [0.29, 0.717) is 5.41 Å². The molecule has 1 atom stereocenters. The van der Waals surface area contributed by atoms with Crippen LogP contribution in [0.2, 0.25) is 0 Å². The molecule has 1 aliphatic rings. The molecular weight excluding hydrogens is 264 g/mol. The Kier molecular flexibility index (Phi) is 5.04. The number of rotatable bonds is 5. The number of nitrogens with zero attached hydrogens (tertiary/aromatic N) is 3. The minimum absolute atomic E-state index is 0.0543. The van der Waals surface area contributed by atoms with E-state index in [2.05, 4.69) is 31.2 Å². The van der Waals surface area contributed by atoms with Crippen LogP contribution in [-0.4, -0.2) is 34.8 Å². The van der Waals surface area contributed by atoms with Gasteiger partial charge in [0, 0.05) is 19.2 Å². The molecule has 1 N–H and O–H groups in total. The van der Waals surface area contributed by atoms with Gasteiger partial charge >= 0.3 is 0 Å². The number of hydrogen-bond donors (Lipinski definition) is 1. The van der Waals surface area contributed by atoms with Crippen LogP contribution in [0.15, 0.2) is 12.3 Å². The Hall–Kier alpha value is -1.36. The Morgan fingerprint density at radius 1 is 1.43 bits per heavy atom. The summed E-state index contributed by atoms with van der Waals surface area (Å²) in [5.74, 6) is 1.11. The lowest BCUT2D eigenvalue weighted by atomic mass is 9.92. The standard InChI is InChI=1S/C16H28N4O/c1-5-20-14(8-10-18-20)19-12-6-7-13(15(19)21)17-11-9-16(2,3)4/h8,10,13,17H,5-7,9,11-12H2,1-4H3. The third-order valence-electron chi connectivity index (χ3n) is 3.97. The van der Waals surface area contributed by atoms with Crippen LogP contribution in [0.3, 0.4) is 0 Å². The van der Waals surface area contributed by atoms with Crippen molar-refractivity contribution < 1.29 is 4.79 Å². The maximum atomic E-state index is 12.7. The highest BCUT2D eigenvalue weighted by molar-refractivity contribution is 5.97. The van der Waals surface area contributed by atoms with Gasteiger partial charge in [-0.15, -0.1) is 0 Å². The molecule has 0 saturated carbocycles. The number of nitrogens with one attached hydrogen (secondary N) is 1. The van der Waals surface area contributed by atoms with Crippen LogP contribution >= 0.6 is 0 Å². The molecule has 21 heavy (non-hydrogen) atoms. The van der Waals surface area contributed by atoms with Crippen LogP contribution in [0.4, 0.5) is 5.82 Å². The monoisotopic (exact) mass is 292 g/mol. The van der Waals surface area contributed by atoms with Gasteiger partial charge in [0.2, 0.25) is 5.91 Å². The maximum Gasteiger partial charge on any atom is 0.245 e. The van der Waals surface area contributed by atoms with Gasteiger partial charge in [-0.05, 0) is 38.1 Å². The van der Waals surface area contributed by atoms with E-state index in [1.165, 1.54) is 0 Å². The van der Waals surface area contributed by atoms with Crippen molar-refractivity contribution >= 4 is 11.7 Å². The highest BCUT2D eigenvalue weighted by Crippen LogP contribution is 2.22. The van der Waals surface area contributed by atoms with Gasteiger partial charge < -0.3 is 5.32 Å². The lowest BCUT2D eigenvalue weighted by Crippen LogP contribution is -2.51. The van der Waals surface area contributed by atoms with Crippen molar-refractivity contribution in [1.29, 1.82) is 0 Å². The second-order valence-electron chi connectivity index (χ2n) is 6.95. The van der Waals surface area contributed by atoms with Gasteiger partial charge in [-0.25, -0.2) is 4.68 Å².